The van der Waals surface area contributed by atoms with E-state index in [4.69, 9.17) is 17.2 Å². The van der Waals surface area contributed by atoms with E-state index >= 15 is 0 Å². The standard InChI is InChI=1S/C23H41N9O5S/c1-13(2)9-17(21(35)32-18(22(36)37)10-14-11-27-12-29-14)31-20(34)16(5-4-7-28-23(25)26)30-19(33)15(24)6-8-38-3/h11-13,15-18H,4-10,24H2,1-3H3,(H,27,29)(H,30,33)(H,31,34)(H,32,35)(H,36,37)(H4,25,26,28). The highest BCUT2D eigenvalue weighted by molar-refractivity contribution is 7.98. The molecule has 0 aliphatic rings. The SMILES string of the molecule is CSCCC(N)C(=O)NC(CCCN=C(N)N)C(=O)NC(CC(C)C)C(=O)NC(Cc1cnc[nH]1)C(=O)O. The first-order valence-electron chi connectivity index (χ1n) is 12.4. The Morgan fingerprint density at radius 2 is 1.68 bits per heavy atom. The van der Waals surface area contributed by atoms with Gasteiger partial charge in [0.1, 0.15) is 18.1 Å². The number of aromatic nitrogens is 2. The number of aliphatic carboxylic acids is 1. The number of nitrogens with zero attached hydrogens (tertiary/aromatic N) is 2. The van der Waals surface area contributed by atoms with Crippen molar-refractivity contribution in [3.8, 4) is 0 Å². The predicted octanol–water partition coefficient (Wildman–Crippen LogP) is -1.33. The van der Waals surface area contributed by atoms with Crippen molar-refractivity contribution < 1.29 is 24.3 Å². The number of carboxylic acid groups (broad SMARTS) is 1. The summed E-state index contributed by atoms with van der Waals surface area (Å²) in [5.41, 5.74) is 17.2. The summed E-state index contributed by atoms with van der Waals surface area (Å²) in [5, 5.41) is 17.4. The van der Waals surface area contributed by atoms with Crippen LogP contribution in [0.1, 0.15) is 45.2 Å². The van der Waals surface area contributed by atoms with Gasteiger partial charge in [-0.1, -0.05) is 13.8 Å². The van der Waals surface area contributed by atoms with Gasteiger partial charge in [-0.25, -0.2) is 9.78 Å². The van der Waals surface area contributed by atoms with E-state index in [1.54, 1.807) is 11.8 Å². The Kier molecular flexibility index (Phi) is 14.8. The summed E-state index contributed by atoms with van der Waals surface area (Å²) in [6, 6.07) is -4.07. The highest BCUT2D eigenvalue weighted by atomic mass is 32.2. The second-order valence-corrected chi connectivity index (χ2v) is 10.3. The van der Waals surface area contributed by atoms with Crippen molar-refractivity contribution in [2.24, 2.45) is 28.1 Å². The van der Waals surface area contributed by atoms with E-state index in [1.807, 2.05) is 20.1 Å². The first-order valence-corrected chi connectivity index (χ1v) is 13.7. The van der Waals surface area contributed by atoms with Gasteiger partial charge in [0.2, 0.25) is 17.7 Å². The molecule has 38 heavy (non-hydrogen) atoms. The van der Waals surface area contributed by atoms with Gasteiger partial charge in [0, 0.05) is 24.9 Å². The minimum absolute atomic E-state index is 0.00295. The molecule has 3 amide bonds. The number of imidazole rings is 1. The van der Waals surface area contributed by atoms with Crippen LogP contribution in [0.3, 0.4) is 0 Å². The maximum absolute atomic E-state index is 13.3. The van der Waals surface area contributed by atoms with Gasteiger partial charge in [-0.3, -0.25) is 19.4 Å². The molecular weight excluding hydrogens is 514 g/mol. The summed E-state index contributed by atoms with van der Waals surface area (Å²) in [6.45, 7) is 3.97. The average molecular weight is 556 g/mol. The van der Waals surface area contributed by atoms with Crippen molar-refractivity contribution in [2.75, 3.05) is 18.6 Å². The number of hydrogen-bond donors (Lipinski definition) is 8. The number of carboxylic acids is 1. The second kappa shape index (κ2) is 17.2. The molecular formula is C23H41N9O5S. The molecule has 1 rings (SSSR count). The first kappa shape index (κ1) is 32.7. The maximum atomic E-state index is 13.3. The van der Waals surface area contributed by atoms with Crippen molar-refractivity contribution in [1.82, 2.24) is 25.9 Å². The molecule has 214 valence electrons. The second-order valence-electron chi connectivity index (χ2n) is 9.27. The largest absolute Gasteiger partial charge is 0.480 e. The molecule has 4 unspecified atom stereocenters. The molecule has 0 fully saturated rings. The summed E-state index contributed by atoms with van der Waals surface area (Å²) >= 11 is 1.55. The van der Waals surface area contributed by atoms with Crippen LogP contribution in [0.25, 0.3) is 0 Å². The Morgan fingerprint density at radius 3 is 2.24 bits per heavy atom. The molecule has 14 nitrogen and oxygen atoms in total. The van der Waals surface area contributed by atoms with E-state index in [1.165, 1.54) is 12.5 Å². The van der Waals surface area contributed by atoms with E-state index in [-0.39, 0.29) is 37.7 Å². The van der Waals surface area contributed by atoms with Crippen LogP contribution in [0.2, 0.25) is 0 Å². The van der Waals surface area contributed by atoms with Gasteiger partial charge >= 0.3 is 5.97 Å². The van der Waals surface area contributed by atoms with Gasteiger partial charge in [-0.2, -0.15) is 11.8 Å². The van der Waals surface area contributed by atoms with E-state index in [2.05, 4.69) is 30.9 Å². The lowest BCUT2D eigenvalue weighted by atomic mass is 10.0. The van der Waals surface area contributed by atoms with Crippen LogP contribution < -0.4 is 33.2 Å². The molecule has 0 radical (unpaired) electrons. The minimum atomic E-state index is -1.24. The number of carbonyl (C=O) groups excluding carboxylic acids is 3. The summed E-state index contributed by atoms with van der Waals surface area (Å²) in [4.78, 5) is 61.3. The number of guanidine groups is 1. The lowest BCUT2D eigenvalue weighted by Crippen LogP contribution is -2.57. The smallest absolute Gasteiger partial charge is 0.326 e. The highest BCUT2D eigenvalue weighted by Gasteiger charge is 2.30. The average Bonchev–Trinajstić information content (AvgIpc) is 3.35. The topological polar surface area (TPSA) is 244 Å². The lowest BCUT2D eigenvalue weighted by molar-refractivity contribution is -0.142. The summed E-state index contributed by atoms with van der Waals surface area (Å²) < 4.78 is 0. The molecule has 1 aromatic heterocycles. The Balaban J connectivity index is 3.00. The van der Waals surface area contributed by atoms with Gasteiger partial charge in [-0.05, 0) is 43.6 Å². The molecule has 0 aliphatic heterocycles. The predicted molar refractivity (Wildman–Crippen MR) is 146 cm³/mol. The number of thioether (sulfide) groups is 1. The number of carbonyl (C=O) groups is 4. The molecule has 0 aromatic carbocycles. The van der Waals surface area contributed by atoms with Crippen LogP contribution in [-0.2, 0) is 25.6 Å². The highest BCUT2D eigenvalue weighted by Crippen LogP contribution is 2.09. The van der Waals surface area contributed by atoms with Crippen LogP contribution >= 0.6 is 11.8 Å². The van der Waals surface area contributed by atoms with Gasteiger partial charge in [-0.15, -0.1) is 0 Å². The van der Waals surface area contributed by atoms with Crippen LogP contribution in [0.5, 0.6) is 0 Å². The quantitative estimate of drug-likeness (QED) is 0.0602. The molecule has 4 atom stereocenters. The Morgan fingerprint density at radius 1 is 1.05 bits per heavy atom. The molecule has 0 spiro atoms. The van der Waals surface area contributed by atoms with Crippen molar-refractivity contribution in [3.63, 3.8) is 0 Å². The fourth-order valence-electron chi connectivity index (χ4n) is 3.49. The van der Waals surface area contributed by atoms with Crippen LogP contribution in [0.4, 0.5) is 0 Å². The van der Waals surface area contributed by atoms with Gasteiger partial charge in [0.05, 0.1) is 12.4 Å². The molecule has 1 heterocycles. The van der Waals surface area contributed by atoms with E-state index in [0.717, 1.165) is 0 Å². The summed E-state index contributed by atoms with van der Waals surface area (Å²) in [7, 11) is 0. The lowest BCUT2D eigenvalue weighted by Gasteiger charge is -2.26. The van der Waals surface area contributed by atoms with Crippen molar-refractivity contribution >= 4 is 41.4 Å². The van der Waals surface area contributed by atoms with E-state index in [9.17, 15) is 24.3 Å². The van der Waals surface area contributed by atoms with Gasteiger partial charge < -0.3 is 43.2 Å². The summed E-state index contributed by atoms with van der Waals surface area (Å²) in [5.74, 6) is -2.39. The number of nitrogens with one attached hydrogen (secondary N) is 4. The Hall–Kier alpha value is -3.33. The first-order chi connectivity index (χ1) is 17.9. The number of nitrogens with two attached hydrogens (primary N) is 3. The van der Waals surface area contributed by atoms with Crippen molar-refractivity contribution in [1.29, 1.82) is 0 Å². The molecule has 0 saturated heterocycles. The van der Waals surface area contributed by atoms with Gasteiger partial charge in [0.25, 0.3) is 0 Å². The Bertz CT molecular complexity index is 922. The molecule has 0 saturated carbocycles. The molecule has 0 aliphatic carbocycles. The summed E-state index contributed by atoms with van der Waals surface area (Å²) in [6.07, 6.45) is 6.01. The zero-order chi connectivity index (χ0) is 28.7. The van der Waals surface area contributed by atoms with E-state index in [0.29, 0.717) is 24.3 Å². The zero-order valence-corrected chi connectivity index (χ0v) is 22.9. The molecule has 15 heteroatoms. The third-order valence-corrected chi connectivity index (χ3v) is 6.13. The third kappa shape index (κ3) is 12.8. The number of aromatic amines is 1. The zero-order valence-electron chi connectivity index (χ0n) is 22.1. The maximum Gasteiger partial charge on any atom is 0.326 e. The molecule has 0 bridgehead atoms. The van der Waals surface area contributed by atoms with Crippen LogP contribution in [0.15, 0.2) is 17.5 Å². The number of hydrogen-bond acceptors (Lipinski definition) is 8. The van der Waals surface area contributed by atoms with Crippen molar-refractivity contribution in [2.45, 2.75) is 70.1 Å². The fraction of sp³-hybridized carbons (Fsp3) is 0.652. The van der Waals surface area contributed by atoms with E-state index < -0.39 is 47.9 Å². The molecule has 1 aromatic rings. The van der Waals surface area contributed by atoms with Crippen LogP contribution in [0, 0.1) is 5.92 Å². The van der Waals surface area contributed by atoms with Crippen molar-refractivity contribution in [3.05, 3.63) is 18.2 Å². The molecule has 11 N–H and O–H groups in total. The minimum Gasteiger partial charge on any atom is -0.480 e. The number of aliphatic imine (C=N–C) groups is 1. The van der Waals surface area contributed by atoms with Crippen LogP contribution in [-0.4, -0.2) is 87.4 Å². The fourth-order valence-corrected chi connectivity index (χ4v) is 3.98. The number of amides is 3. The number of H-pyrrole nitrogens is 1. The van der Waals surface area contributed by atoms with Gasteiger partial charge in [0.15, 0.2) is 5.96 Å². The normalized spacial score (nSPS) is 14.1. The number of rotatable bonds is 18. The monoisotopic (exact) mass is 555 g/mol. The Labute approximate surface area is 226 Å². The third-order valence-electron chi connectivity index (χ3n) is 5.48.